The fraction of sp³-hybridized carbons (Fsp3) is 0.357. The Labute approximate surface area is 111 Å². The lowest BCUT2D eigenvalue weighted by molar-refractivity contribution is 0.562. The molecule has 0 aliphatic carbocycles. The van der Waals surface area contributed by atoms with Gasteiger partial charge in [-0.05, 0) is 35.9 Å². The first-order valence-electron chi connectivity index (χ1n) is 5.90. The molecule has 18 heavy (non-hydrogen) atoms. The highest BCUT2D eigenvalue weighted by Crippen LogP contribution is 2.29. The fourth-order valence-electron chi connectivity index (χ4n) is 1.79. The third-order valence-electron chi connectivity index (χ3n) is 2.85. The fourth-order valence-corrected chi connectivity index (χ4v) is 2.69. The number of nitrogens with zero attached hydrogens (tertiary/aromatic N) is 3. The predicted octanol–water partition coefficient (Wildman–Crippen LogP) is 3.78. The summed E-state index contributed by atoms with van der Waals surface area (Å²) in [6.45, 7) is 6.10. The number of nitriles is 1. The molecule has 0 amide bonds. The van der Waals surface area contributed by atoms with E-state index in [1.165, 1.54) is 5.56 Å². The summed E-state index contributed by atoms with van der Waals surface area (Å²) in [6, 6.07) is 6.26. The first kappa shape index (κ1) is 12.7. The Kier molecular flexibility index (Phi) is 3.73. The average molecular weight is 257 g/mol. The maximum Gasteiger partial charge on any atom is 0.146 e. The summed E-state index contributed by atoms with van der Waals surface area (Å²) in [5.74, 6) is 0.595. The topological polar surface area (TPSA) is 49.6 Å². The highest BCUT2D eigenvalue weighted by Gasteiger charge is 2.19. The molecule has 0 radical (unpaired) electrons. The van der Waals surface area contributed by atoms with E-state index >= 15 is 0 Å². The Hall–Kier alpha value is -1.73. The third kappa shape index (κ3) is 2.41. The molecule has 0 aliphatic rings. The molecule has 2 heterocycles. The summed E-state index contributed by atoms with van der Waals surface area (Å²) >= 11 is 1.67. The molecule has 0 bridgehead atoms. The van der Waals surface area contributed by atoms with Gasteiger partial charge in [-0.1, -0.05) is 13.8 Å². The lowest BCUT2D eigenvalue weighted by Gasteiger charge is -2.11. The van der Waals surface area contributed by atoms with E-state index in [1.807, 2.05) is 19.9 Å². The first-order valence-corrected chi connectivity index (χ1v) is 6.78. The van der Waals surface area contributed by atoms with Crippen LogP contribution in [0, 0.1) is 24.2 Å². The normalized spacial score (nSPS) is 12.4. The maximum atomic E-state index is 9.20. The molecule has 4 heteroatoms. The lowest BCUT2D eigenvalue weighted by atomic mass is 9.96. The predicted molar refractivity (Wildman–Crippen MR) is 73.3 cm³/mol. The zero-order valence-corrected chi connectivity index (χ0v) is 11.5. The Morgan fingerprint density at radius 1 is 1.33 bits per heavy atom. The standard InChI is InChI=1S/C14H15N3S/c1-9(2)11(8-15)14-16-6-4-12(17-14)13-10(3)5-7-18-13/h4-7,9,11H,1-3H3. The van der Waals surface area contributed by atoms with E-state index in [1.54, 1.807) is 17.5 Å². The van der Waals surface area contributed by atoms with Gasteiger partial charge in [-0.25, -0.2) is 9.97 Å². The van der Waals surface area contributed by atoms with Crippen LogP contribution in [0.25, 0.3) is 10.6 Å². The lowest BCUT2D eigenvalue weighted by Crippen LogP contribution is -2.09. The molecule has 1 unspecified atom stereocenters. The Morgan fingerprint density at radius 2 is 2.11 bits per heavy atom. The molecule has 0 saturated heterocycles. The molecule has 0 fully saturated rings. The Bertz CT molecular complexity index is 581. The van der Waals surface area contributed by atoms with Gasteiger partial charge in [0.05, 0.1) is 16.6 Å². The second kappa shape index (κ2) is 5.28. The van der Waals surface area contributed by atoms with Crippen LogP contribution >= 0.6 is 11.3 Å². The van der Waals surface area contributed by atoms with Gasteiger partial charge < -0.3 is 0 Å². The summed E-state index contributed by atoms with van der Waals surface area (Å²) in [7, 11) is 0. The zero-order valence-electron chi connectivity index (χ0n) is 10.7. The Morgan fingerprint density at radius 3 is 2.67 bits per heavy atom. The van der Waals surface area contributed by atoms with Gasteiger partial charge in [0.15, 0.2) is 0 Å². The van der Waals surface area contributed by atoms with Gasteiger partial charge in [-0.3, -0.25) is 0 Å². The number of thiophene rings is 1. The van der Waals surface area contributed by atoms with Crippen LogP contribution in [0.3, 0.4) is 0 Å². The van der Waals surface area contributed by atoms with Crippen LogP contribution < -0.4 is 0 Å². The molecule has 2 aromatic rings. The van der Waals surface area contributed by atoms with Crippen LogP contribution in [0.2, 0.25) is 0 Å². The summed E-state index contributed by atoms with van der Waals surface area (Å²) < 4.78 is 0. The second-order valence-electron chi connectivity index (χ2n) is 4.58. The van der Waals surface area contributed by atoms with Crippen LogP contribution in [-0.4, -0.2) is 9.97 Å². The highest BCUT2D eigenvalue weighted by molar-refractivity contribution is 7.13. The van der Waals surface area contributed by atoms with E-state index in [0.29, 0.717) is 5.82 Å². The summed E-state index contributed by atoms with van der Waals surface area (Å²) in [4.78, 5) is 9.94. The van der Waals surface area contributed by atoms with Crippen molar-refractivity contribution in [1.82, 2.24) is 9.97 Å². The van der Waals surface area contributed by atoms with Gasteiger partial charge in [0.1, 0.15) is 11.7 Å². The number of hydrogen-bond donors (Lipinski definition) is 0. The van der Waals surface area contributed by atoms with Gasteiger partial charge in [0, 0.05) is 6.20 Å². The molecule has 3 nitrogen and oxygen atoms in total. The first-order chi connectivity index (χ1) is 8.63. The largest absolute Gasteiger partial charge is 0.240 e. The molecule has 2 aromatic heterocycles. The van der Waals surface area contributed by atoms with Gasteiger partial charge in [0.2, 0.25) is 0 Å². The molecule has 0 spiro atoms. The molecular weight excluding hydrogens is 242 g/mol. The molecule has 2 rings (SSSR count). The van der Waals surface area contributed by atoms with Crippen molar-refractivity contribution in [2.75, 3.05) is 0 Å². The summed E-state index contributed by atoms with van der Waals surface area (Å²) in [5, 5.41) is 11.3. The summed E-state index contributed by atoms with van der Waals surface area (Å²) in [5.41, 5.74) is 2.12. The van der Waals surface area contributed by atoms with Crippen LogP contribution in [-0.2, 0) is 0 Å². The minimum atomic E-state index is -0.245. The Balaban J connectivity index is 2.43. The molecule has 1 atom stereocenters. The number of aromatic nitrogens is 2. The molecule has 92 valence electrons. The van der Waals surface area contributed by atoms with Crippen LogP contribution in [0.15, 0.2) is 23.7 Å². The average Bonchev–Trinajstić information content (AvgIpc) is 2.76. The van der Waals surface area contributed by atoms with Crippen LogP contribution in [0.5, 0.6) is 0 Å². The molecular formula is C14H15N3S. The van der Waals surface area contributed by atoms with E-state index < -0.39 is 0 Å². The molecule has 0 saturated carbocycles. The van der Waals surface area contributed by atoms with Gasteiger partial charge in [-0.2, -0.15) is 5.26 Å². The van der Waals surface area contributed by atoms with Crippen molar-refractivity contribution in [2.45, 2.75) is 26.7 Å². The van der Waals surface area contributed by atoms with Gasteiger partial charge >= 0.3 is 0 Å². The third-order valence-corrected chi connectivity index (χ3v) is 3.89. The number of aryl methyl sites for hydroxylation is 1. The van der Waals surface area contributed by atoms with Crippen molar-refractivity contribution < 1.29 is 0 Å². The SMILES string of the molecule is Cc1ccsc1-c1ccnc(C(C#N)C(C)C)n1. The van der Waals surface area contributed by atoms with Gasteiger partial charge in [0.25, 0.3) is 0 Å². The smallest absolute Gasteiger partial charge is 0.146 e. The zero-order chi connectivity index (χ0) is 13.1. The quantitative estimate of drug-likeness (QED) is 0.840. The molecule has 0 N–H and O–H groups in total. The minimum absolute atomic E-state index is 0.217. The van der Waals surface area contributed by atoms with Crippen molar-refractivity contribution in [3.8, 4) is 16.6 Å². The van der Waals surface area contributed by atoms with Crippen molar-refractivity contribution in [2.24, 2.45) is 5.92 Å². The van der Waals surface area contributed by atoms with Crippen molar-refractivity contribution in [3.63, 3.8) is 0 Å². The number of hydrogen-bond acceptors (Lipinski definition) is 4. The van der Waals surface area contributed by atoms with Crippen LogP contribution in [0.1, 0.15) is 31.2 Å². The van der Waals surface area contributed by atoms with E-state index in [0.717, 1.165) is 10.6 Å². The van der Waals surface area contributed by atoms with E-state index in [4.69, 9.17) is 0 Å². The highest BCUT2D eigenvalue weighted by atomic mass is 32.1. The van der Waals surface area contributed by atoms with Gasteiger partial charge in [-0.15, -0.1) is 11.3 Å². The van der Waals surface area contributed by atoms with Crippen molar-refractivity contribution >= 4 is 11.3 Å². The minimum Gasteiger partial charge on any atom is -0.240 e. The van der Waals surface area contributed by atoms with E-state index in [2.05, 4.69) is 34.4 Å². The maximum absolute atomic E-state index is 9.20. The molecule has 0 aromatic carbocycles. The van der Waals surface area contributed by atoms with E-state index in [-0.39, 0.29) is 11.8 Å². The van der Waals surface area contributed by atoms with E-state index in [9.17, 15) is 5.26 Å². The second-order valence-corrected chi connectivity index (χ2v) is 5.50. The number of rotatable bonds is 3. The molecule has 0 aliphatic heterocycles. The van der Waals surface area contributed by atoms with Crippen LogP contribution in [0.4, 0.5) is 0 Å². The van der Waals surface area contributed by atoms with Crippen molar-refractivity contribution in [1.29, 1.82) is 5.26 Å². The monoisotopic (exact) mass is 257 g/mol. The summed E-state index contributed by atoms with van der Waals surface area (Å²) in [6.07, 6.45) is 1.74. The van der Waals surface area contributed by atoms with Crippen molar-refractivity contribution in [3.05, 3.63) is 35.1 Å².